The molecule has 2 rings (SSSR count). The fourth-order valence-corrected chi connectivity index (χ4v) is 2.49. The lowest BCUT2D eigenvalue weighted by Gasteiger charge is -2.19. The van der Waals surface area contributed by atoms with Crippen molar-refractivity contribution in [2.24, 2.45) is 0 Å². The lowest BCUT2D eigenvalue weighted by atomic mass is 10.3. The van der Waals surface area contributed by atoms with Crippen LogP contribution in [0.4, 0.5) is 5.69 Å². The third-order valence-electron chi connectivity index (χ3n) is 2.90. The molecule has 102 valence electrons. The first-order valence-corrected chi connectivity index (χ1v) is 7.31. The summed E-state index contributed by atoms with van der Waals surface area (Å²) in [7, 11) is 0. The number of carbonyl (C=O) groups is 2. The number of hydrogen-bond acceptors (Lipinski definition) is 3. The van der Waals surface area contributed by atoms with Crippen LogP contribution in [0.1, 0.15) is 6.42 Å². The minimum absolute atomic E-state index is 0.456. The summed E-state index contributed by atoms with van der Waals surface area (Å²) < 4.78 is 1.02. The molecule has 19 heavy (non-hydrogen) atoms. The molecule has 0 saturated carbocycles. The quantitative estimate of drug-likeness (QED) is 0.572. The minimum Gasteiger partial charge on any atom is -0.333 e. The van der Waals surface area contributed by atoms with Crippen molar-refractivity contribution in [2.75, 3.05) is 31.5 Å². The van der Waals surface area contributed by atoms with Crippen molar-refractivity contribution in [1.82, 2.24) is 10.2 Å². The molecule has 0 aromatic heterocycles. The summed E-state index contributed by atoms with van der Waals surface area (Å²) in [6.07, 6.45) is 0.877. The van der Waals surface area contributed by atoms with Crippen LogP contribution in [0.3, 0.4) is 0 Å². The van der Waals surface area contributed by atoms with Gasteiger partial charge >= 0.3 is 11.8 Å². The molecule has 1 aliphatic heterocycles. The van der Waals surface area contributed by atoms with E-state index in [0.717, 1.165) is 23.1 Å². The SMILES string of the molecule is O=C(Nc1cccc(I)c1)C(=O)N1CCCNCC1. The molecule has 1 aliphatic rings. The van der Waals surface area contributed by atoms with Gasteiger partial charge in [-0.25, -0.2) is 0 Å². The van der Waals surface area contributed by atoms with Crippen molar-refractivity contribution in [2.45, 2.75) is 6.42 Å². The average Bonchev–Trinajstić information content (AvgIpc) is 2.66. The van der Waals surface area contributed by atoms with Gasteiger partial charge in [0.2, 0.25) is 0 Å². The monoisotopic (exact) mass is 373 g/mol. The summed E-state index contributed by atoms with van der Waals surface area (Å²) in [6.45, 7) is 2.84. The number of nitrogens with one attached hydrogen (secondary N) is 2. The Hall–Kier alpha value is -1.15. The van der Waals surface area contributed by atoms with Crippen LogP contribution in [0.2, 0.25) is 0 Å². The highest BCUT2D eigenvalue weighted by atomic mass is 127. The number of amides is 2. The highest BCUT2D eigenvalue weighted by molar-refractivity contribution is 14.1. The summed E-state index contributed by atoms with van der Waals surface area (Å²) in [5, 5.41) is 5.85. The number of nitrogens with zero attached hydrogens (tertiary/aromatic N) is 1. The maximum Gasteiger partial charge on any atom is 0.313 e. The molecule has 0 radical (unpaired) electrons. The second-order valence-electron chi connectivity index (χ2n) is 4.36. The first kappa shape index (κ1) is 14.3. The van der Waals surface area contributed by atoms with E-state index in [9.17, 15) is 9.59 Å². The molecule has 5 nitrogen and oxygen atoms in total. The van der Waals surface area contributed by atoms with Crippen LogP contribution in [0.25, 0.3) is 0 Å². The van der Waals surface area contributed by atoms with Crippen molar-refractivity contribution in [1.29, 1.82) is 0 Å². The molecule has 1 heterocycles. The van der Waals surface area contributed by atoms with Gasteiger partial charge in [0.1, 0.15) is 0 Å². The number of hydrogen-bond donors (Lipinski definition) is 2. The highest BCUT2D eigenvalue weighted by Crippen LogP contribution is 2.12. The van der Waals surface area contributed by atoms with Gasteiger partial charge in [0.25, 0.3) is 0 Å². The largest absolute Gasteiger partial charge is 0.333 e. The predicted molar refractivity (Wildman–Crippen MR) is 81.9 cm³/mol. The van der Waals surface area contributed by atoms with E-state index < -0.39 is 11.8 Å². The molecule has 0 aliphatic carbocycles. The van der Waals surface area contributed by atoms with Gasteiger partial charge in [-0.2, -0.15) is 0 Å². The molecule has 0 bridgehead atoms. The standard InChI is InChI=1S/C13H16IN3O2/c14-10-3-1-4-11(9-10)16-12(18)13(19)17-7-2-5-15-6-8-17/h1,3-4,9,15H,2,5-8H2,(H,16,18). The minimum atomic E-state index is -0.566. The Morgan fingerprint density at radius 2 is 2.11 bits per heavy atom. The zero-order chi connectivity index (χ0) is 13.7. The number of carbonyl (C=O) groups excluding carboxylic acids is 2. The zero-order valence-electron chi connectivity index (χ0n) is 10.5. The third-order valence-corrected chi connectivity index (χ3v) is 3.58. The molecule has 2 N–H and O–H groups in total. The Balaban J connectivity index is 1.97. The molecule has 1 saturated heterocycles. The van der Waals surface area contributed by atoms with Crippen LogP contribution in [-0.2, 0) is 9.59 Å². The number of anilines is 1. The summed E-state index contributed by atoms with van der Waals surface area (Å²) in [5.41, 5.74) is 0.651. The van der Waals surface area contributed by atoms with E-state index in [1.807, 2.05) is 18.2 Å². The van der Waals surface area contributed by atoms with Gasteiger partial charge < -0.3 is 15.5 Å². The van der Waals surface area contributed by atoms with Crippen molar-refractivity contribution < 1.29 is 9.59 Å². The van der Waals surface area contributed by atoms with Gasteiger partial charge in [0, 0.05) is 28.9 Å². The van der Waals surface area contributed by atoms with Crippen molar-refractivity contribution in [3.63, 3.8) is 0 Å². The fourth-order valence-electron chi connectivity index (χ4n) is 1.94. The predicted octanol–water partition coefficient (Wildman–Crippen LogP) is 1.05. The topological polar surface area (TPSA) is 61.4 Å². The molecule has 0 atom stereocenters. The van der Waals surface area contributed by atoms with Gasteiger partial charge in [-0.1, -0.05) is 6.07 Å². The van der Waals surface area contributed by atoms with E-state index in [1.54, 1.807) is 11.0 Å². The molecule has 0 unspecified atom stereocenters. The van der Waals surface area contributed by atoms with Gasteiger partial charge in [-0.15, -0.1) is 0 Å². The van der Waals surface area contributed by atoms with Gasteiger partial charge in [0.15, 0.2) is 0 Å². The van der Waals surface area contributed by atoms with Crippen LogP contribution in [-0.4, -0.2) is 42.9 Å². The van der Waals surface area contributed by atoms with Gasteiger partial charge in [-0.05, 0) is 53.8 Å². The van der Waals surface area contributed by atoms with Crippen LogP contribution in [0.15, 0.2) is 24.3 Å². The van der Waals surface area contributed by atoms with E-state index in [-0.39, 0.29) is 0 Å². The molecular formula is C13H16IN3O2. The first-order valence-electron chi connectivity index (χ1n) is 6.23. The summed E-state index contributed by atoms with van der Waals surface area (Å²) in [5.74, 6) is -1.02. The van der Waals surface area contributed by atoms with Crippen molar-refractivity contribution >= 4 is 40.1 Å². The highest BCUT2D eigenvalue weighted by Gasteiger charge is 2.22. The van der Waals surface area contributed by atoms with Gasteiger partial charge in [-0.3, -0.25) is 9.59 Å². The average molecular weight is 373 g/mol. The Labute approximate surface area is 125 Å². The van der Waals surface area contributed by atoms with Crippen molar-refractivity contribution in [3.05, 3.63) is 27.8 Å². The van der Waals surface area contributed by atoms with Crippen LogP contribution in [0.5, 0.6) is 0 Å². The third kappa shape index (κ3) is 4.17. The second-order valence-corrected chi connectivity index (χ2v) is 5.61. The summed E-state index contributed by atoms with van der Waals surface area (Å²) in [4.78, 5) is 25.5. The Kier molecular flexibility index (Phi) is 5.15. The second kappa shape index (κ2) is 6.85. The molecule has 2 amide bonds. The molecule has 1 aromatic carbocycles. The number of benzene rings is 1. The lowest BCUT2D eigenvalue weighted by Crippen LogP contribution is -2.41. The summed E-state index contributed by atoms with van der Waals surface area (Å²) >= 11 is 2.16. The summed E-state index contributed by atoms with van der Waals surface area (Å²) in [6, 6.07) is 7.38. The van der Waals surface area contributed by atoms with E-state index >= 15 is 0 Å². The van der Waals surface area contributed by atoms with E-state index in [4.69, 9.17) is 0 Å². The lowest BCUT2D eigenvalue weighted by molar-refractivity contribution is -0.143. The van der Waals surface area contributed by atoms with Crippen molar-refractivity contribution in [3.8, 4) is 0 Å². The first-order chi connectivity index (χ1) is 9.16. The van der Waals surface area contributed by atoms with Crippen LogP contribution >= 0.6 is 22.6 Å². The van der Waals surface area contributed by atoms with E-state index in [1.165, 1.54) is 0 Å². The Morgan fingerprint density at radius 1 is 1.26 bits per heavy atom. The number of halogens is 1. The molecular weight excluding hydrogens is 357 g/mol. The molecule has 0 spiro atoms. The molecule has 1 fully saturated rings. The smallest absolute Gasteiger partial charge is 0.313 e. The molecule has 6 heteroatoms. The maximum atomic E-state index is 12.0. The maximum absolute atomic E-state index is 12.0. The van der Waals surface area contributed by atoms with Gasteiger partial charge in [0.05, 0.1) is 0 Å². The number of rotatable bonds is 1. The van der Waals surface area contributed by atoms with Crippen LogP contribution in [0, 0.1) is 3.57 Å². The molecule has 1 aromatic rings. The zero-order valence-corrected chi connectivity index (χ0v) is 12.6. The van der Waals surface area contributed by atoms with E-state index in [0.29, 0.717) is 18.8 Å². The normalized spacial score (nSPS) is 15.7. The van der Waals surface area contributed by atoms with E-state index in [2.05, 4.69) is 33.2 Å². The van der Waals surface area contributed by atoms with Crippen LogP contribution < -0.4 is 10.6 Å². The Bertz CT molecular complexity index is 471. The Morgan fingerprint density at radius 3 is 2.89 bits per heavy atom. The fraction of sp³-hybridized carbons (Fsp3) is 0.385.